The molecule has 1 saturated heterocycles. The highest BCUT2D eigenvalue weighted by molar-refractivity contribution is 9.10. The third kappa shape index (κ3) is 6.08. The first-order chi connectivity index (χ1) is 22.6. The van der Waals surface area contributed by atoms with Gasteiger partial charge in [-0.1, -0.05) is 0 Å². The lowest BCUT2D eigenvalue weighted by Crippen LogP contribution is -2.44. The van der Waals surface area contributed by atoms with Crippen LogP contribution in [-0.2, 0) is 18.0 Å². The summed E-state index contributed by atoms with van der Waals surface area (Å²) >= 11 is 3.60. The third-order valence-corrected chi connectivity index (χ3v) is 11.2. The van der Waals surface area contributed by atoms with Gasteiger partial charge in [0.15, 0.2) is 0 Å². The highest BCUT2D eigenvalue weighted by Gasteiger charge is 2.31. The lowest BCUT2D eigenvalue weighted by molar-refractivity contribution is 0.250. The Morgan fingerprint density at radius 3 is 2.51 bits per heavy atom. The number of fused-ring (bicyclic) bond motifs is 4. The molecule has 1 fully saturated rings. The Morgan fingerprint density at radius 2 is 1.74 bits per heavy atom. The van der Waals surface area contributed by atoms with Crippen LogP contribution in [-0.4, -0.2) is 87.8 Å². The molecular weight excluding hydrogens is 679 g/mol. The van der Waals surface area contributed by atoms with Gasteiger partial charge in [-0.25, -0.2) is 4.98 Å². The van der Waals surface area contributed by atoms with Crippen molar-refractivity contribution in [1.29, 1.82) is 0 Å². The number of aryl methyl sites for hydroxylation is 1. The van der Waals surface area contributed by atoms with Gasteiger partial charge in [-0.2, -0.15) is 10.1 Å². The largest absolute Gasteiger partial charge is 0.494 e. The molecule has 0 saturated carbocycles. The number of nitrogens with one attached hydrogen (secondary N) is 2. The highest BCUT2D eigenvalue weighted by Crippen LogP contribution is 2.45. The van der Waals surface area contributed by atoms with Crippen LogP contribution in [0.1, 0.15) is 18.5 Å². The van der Waals surface area contributed by atoms with Gasteiger partial charge in [-0.05, 0) is 80.4 Å². The Kier molecular flexibility index (Phi) is 8.40. The molecule has 2 N–H and O–H groups in total. The van der Waals surface area contributed by atoms with E-state index in [4.69, 9.17) is 9.72 Å². The van der Waals surface area contributed by atoms with Crippen molar-refractivity contribution >= 4 is 68.2 Å². The Balaban J connectivity index is 1.26. The molecular formula is C33H38BrN10O2P. The lowest BCUT2D eigenvalue weighted by atomic mass is 9.99. The van der Waals surface area contributed by atoms with Gasteiger partial charge in [-0.15, -0.1) is 0 Å². The van der Waals surface area contributed by atoms with Gasteiger partial charge < -0.3 is 29.7 Å². The fourth-order valence-electron chi connectivity index (χ4n) is 6.74. The Hall–Kier alpha value is -4.06. The molecule has 0 amide bonds. The van der Waals surface area contributed by atoms with Gasteiger partial charge in [-0.3, -0.25) is 14.6 Å². The molecule has 5 aromatic rings. The summed E-state index contributed by atoms with van der Waals surface area (Å²) in [6.07, 6.45) is 10.0. The number of nitrogens with zero attached hydrogens (tertiary/aromatic N) is 8. The van der Waals surface area contributed by atoms with Gasteiger partial charge in [0.05, 0.1) is 40.0 Å². The topological polar surface area (TPSA) is 126 Å². The standard InChI is InChI=1S/C33H38BrN10O2P/c1-42-13-8-20(9-14-42)44-15-10-27-22(18-38-43(27)2)21-16-26(29(46-3)17-28(21)44)40-33-37-19-23(34)32(41-33)39-25-7-6-24-30(36-12-11-35-24)31(25)47(4,5)45/h6-7,11-12,16-20H,8-10,13-15H2,1-5H3,(H2,37,39,40,41). The minimum absolute atomic E-state index is 0.375. The zero-order valence-electron chi connectivity index (χ0n) is 27.2. The Bertz CT molecular complexity index is 2020. The first kappa shape index (κ1) is 31.5. The number of methoxy groups -OCH3 is 1. The van der Waals surface area contributed by atoms with Gasteiger partial charge in [0.1, 0.15) is 24.2 Å². The van der Waals surface area contributed by atoms with Crippen LogP contribution in [0.25, 0.3) is 22.2 Å². The number of hydrogen-bond donors (Lipinski definition) is 2. The molecule has 2 aliphatic heterocycles. The van der Waals surface area contributed by atoms with Crippen LogP contribution in [0.4, 0.5) is 28.8 Å². The third-order valence-electron chi connectivity index (χ3n) is 9.09. The minimum Gasteiger partial charge on any atom is -0.494 e. The summed E-state index contributed by atoms with van der Waals surface area (Å²) in [7, 11) is 3.14. The molecule has 0 bridgehead atoms. The fourth-order valence-corrected chi connectivity index (χ4v) is 8.42. The SMILES string of the molecule is COc1cc2c(cc1Nc1ncc(Br)c(Nc3ccc4nccnc4c3P(C)(C)=O)n1)-c1cnn(C)c1CCN2C1CCN(C)CC1. The van der Waals surface area contributed by atoms with E-state index in [1.54, 1.807) is 39.0 Å². The first-order valence-corrected chi connectivity index (χ1v) is 19.0. The van der Waals surface area contributed by atoms with Crippen molar-refractivity contribution in [2.45, 2.75) is 25.3 Å². The zero-order valence-corrected chi connectivity index (χ0v) is 29.6. The molecule has 0 spiro atoms. The minimum atomic E-state index is -2.76. The summed E-state index contributed by atoms with van der Waals surface area (Å²) in [4.78, 5) is 23.3. The highest BCUT2D eigenvalue weighted by atomic mass is 79.9. The van der Waals surface area contributed by atoms with Crippen LogP contribution < -0.4 is 25.6 Å². The lowest BCUT2D eigenvalue weighted by Gasteiger charge is -2.39. The van der Waals surface area contributed by atoms with Crippen LogP contribution in [0.15, 0.2) is 53.5 Å². The number of piperidine rings is 1. The van der Waals surface area contributed by atoms with Gasteiger partial charge in [0.25, 0.3) is 0 Å². The molecule has 12 nitrogen and oxygen atoms in total. The van der Waals surface area contributed by atoms with Crippen LogP contribution in [0.3, 0.4) is 0 Å². The molecule has 14 heteroatoms. The molecule has 47 heavy (non-hydrogen) atoms. The molecule has 0 atom stereocenters. The van der Waals surface area contributed by atoms with Crippen molar-refractivity contribution < 1.29 is 9.30 Å². The van der Waals surface area contributed by atoms with Crippen molar-refractivity contribution in [3.63, 3.8) is 0 Å². The van der Waals surface area contributed by atoms with Crippen molar-refractivity contribution in [1.82, 2.24) is 34.6 Å². The molecule has 5 heterocycles. The molecule has 7 rings (SSSR count). The predicted molar refractivity (Wildman–Crippen MR) is 192 cm³/mol. The van der Waals surface area contributed by atoms with E-state index in [0.29, 0.717) is 50.1 Å². The number of benzene rings is 2. The molecule has 2 aromatic carbocycles. The van der Waals surface area contributed by atoms with Gasteiger partial charge in [0, 0.05) is 73.2 Å². The molecule has 244 valence electrons. The summed E-state index contributed by atoms with van der Waals surface area (Å²) in [6.45, 7) is 6.55. The van der Waals surface area contributed by atoms with Crippen molar-refractivity contribution in [2.75, 3.05) is 62.7 Å². The Labute approximate surface area is 282 Å². The van der Waals surface area contributed by atoms with Crippen LogP contribution in [0.2, 0.25) is 0 Å². The maximum Gasteiger partial charge on any atom is 0.229 e. The normalized spacial score (nSPS) is 15.7. The second-order valence-electron chi connectivity index (χ2n) is 12.6. The smallest absolute Gasteiger partial charge is 0.229 e. The van der Waals surface area contributed by atoms with Crippen LogP contribution in [0.5, 0.6) is 5.75 Å². The molecule has 2 aliphatic rings. The van der Waals surface area contributed by atoms with E-state index in [-0.39, 0.29) is 0 Å². The Morgan fingerprint density at radius 1 is 0.957 bits per heavy atom. The summed E-state index contributed by atoms with van der Waals surface area (Å²) in [6, 6.07) is 8.45. The van der Waals surface area contributed by atoms with Crippen molar-refractivity contribution in [2.24, 2.45) is 7.05 Å². The number of rotatable bonds is 7. The number of likely N-dealkylation sites (tertiary alicyclic amines) is 1. The fraction of sp³-hybridized carbons (Fsp3) is 0.364. The first-order valence-electron chi connectivity index (χ1n) is 15.6. The van der Waals surface area contributed by atoms with E-state index in [1.807, 2.05) is 30.1 Å². The van der Waals surface area contributed by atoms with E-state index in [1.165, 1.54) is 5.69 Å². The van der Waals surface area contributed by atoms with E-state index >= 15 is 0 Å². The number of halogens is 1. The predicted octanol–water partition coefficient (Wildman–Crippen LogP) is 5.78. The van der Waals surface area contributed by atoms with Crippen molar-refractivity contribution in [3.05, 3.63) is 59.2 Å². The average molecular weight is 718 g/mol. The second kappa shape index (κ2) is 12.5. The molecule has 0 aliphatic carbocycles. The van der Waals surface area contributed by atoms with Crippen LogP contribution in [0, 0.1) is 0 Å². The summed E-state index contributed by atoms with van der Waals surface area (Å²) in [5, 5.41) is 12.0. The summed E-state index contributed by atoms with van der Waals surface area (Å²) < 4.78 is 22.1. The monoisotopic (exact) mass is 716 g/mol. The quantitative estimate of drug-likeness (QED) is 0.199. The van der Waals surface area contributed by atoms with Crippen molar-refractivity contribution in [3.8, 4) is 16.9 Å². The molecule has 0 radical (unpaired) electrons. The average Bonchev–Trinajstić information content (AvgIpc) is 3.34. The summed E-state index contributed by atoms with van der Waals surface area (Å²) in [5.74, 6) is 1.58. The van der Waals surface area contributed by atoms with Gasteiger partial charge in [0.2, 0.25) is 5.95 Å². The molecule has 3 aromatic heterocycles. The number of hydrogen-bond acceptors (Lipinski definition) is 11. The maximum atomic E-state index is 13.5. The van der Waals surface area contributed by atoms with E-state index in [9.17, 15) is 4.57 Å². The number of aromatic nitrogens is 6. The van der Waals surface area contributed by atoms with Crippen LogP contribution >= 0.6 is 23.1 Å². The molecule has 0 unspecified atom stereocenters. The number of ether oxygens (including phenoxy) is 1. The van der Waals surface area contributed by atoms with Gasteiger partial charge >= 0.3 is 0 Å². The second-order valence-corrected chi connectivity index (χ2v) is 16.6. The maximum absolute atomic E-state index is 13.5. The van der Waals surface area contributed by atoms with E-state index < -0.39 is 7.14 Å². The zero-order chi connectivity index (χ0) is 32.9. The number of anilines is 5. The van der Waals surface area contributed by atoms with E-state index in [0.717, 1.165) is 61.4 Å². The van der Waals surface area contributed by atoms with E-state index in [2.05, 4.69) is 75.6 Å². The summed E-state index contributed by atoms with van der Waals surface area (Å²) in [5.41, 5.74) is 7.28.